The van der Waals surface area contributed by atoms with Crippen molar-refractivity contribution >= 4 is 0 Å². The molecule has 0 spiro atoms. The van der Waals surface area contributed by atoms with Gasteiger partial charge in [-0.25, -0.2) is 4.98 Å². The third kappa shape index (κ3) is 0.763. The number of hydrogen-bond acceptors (Lipinski definition) is 4. The van der Waals surface area contributed by atoms with Gasteiger partial charge < -0.3 is 0 Å². The van der Waals surface area contributed by atoms with Crippen LogP contribution in [0.15, 0.2) is 12.4 Å². The summed E-state index contributed by atoms with van der Waals surface area (Å²) >= 11 is 0. The minimum Gasteiger partial charge on any atom is -0.224 e. The van der Waals surface area contributed by atoms with E-state index in [2.05, 4.69) is 15.2 Å². The van der Waals surface area contributed by atoms with Crippen molar-refractivity contribution in [3.63, 3.8) is 0 Å². The Labute approximate surface area is 45.8 Å². The second-order valence-corrected chi connectivity index (χ2v) is 1.08. The molecule has 0 radical (unpaired) electrons. The molecule has 0 aliphatic heterocycles. The average molecular weight is 106 g/mol. The number of aromatic nitrogens is 3. The van der Waals surface area contributed by atoms with Gasteiger partial charge in [0, 0.05) is 0 Å². The lowest BCUT2D eigenvalue weighted by Gasteiger charge is -1.77. The highest BCUT2D eigenvalue weighted by atomic mass is 15.1. The van der Waals surface area contributed by atoms with Crippen molar-refractivity contribution in [2.24, 2.45) is 0 Å². The maximum atomic E-state index is 8.12. The summed E-state index contributed by atoms with van der Waals surface area (Å²) in [6, 6.07) is 1.74. The molecule has 0 bridgehead atoms. The maximum Gasteiger partial charge on any atom is 0.252 e. The standard InChI is InChI=1S/C4H2N4/c5-3-4-6-1-2-7-8-4/h1-2H. The van der Waals surface area contributed by atoms with Crippen molar-refractivity contribution in [3.05, 3.63) is 18.2 Å². The Morgan fingerprint density at radius 3 is 2.75 bits per heavy atom. The van der Waals surface area contributed by atoms with Crippen LogP contribution in [0.5, 0.6) is 0 Å². The molecular weight excluding hydrogens is 104 g/mol. The Morgan fingerprint density at radius 2 is 2.38 bits per heavy atom. The third-order valence-electron chi connectivity index (χ3n) is 0.583. The van der Waals surface area contributed by atoms with Crippen LogP contribution in [0.4, 0.5) is 0 Å². The molecule has 0 saturated carbocycles. The molecule has 1 rings (SSSR count). The average Bonchev–Trinajstić information content (AvgIpc) is 1.90. The van der Waals surface area contributed by atoms with Crippen LogP contribution < -0.4 is 0 Å². The van der Waals surface area contributed by atoms with E-state index in [1.807, 2.05) is 0 Å². The summed E-state index contributed by atoms with van der Waals surface area (Å²) in [5.74, 6) is 0.104. The van der Waals surface area contributed by atoms with E-state index in [9.17, 15) is 0 Å². The van der Waals surface area contributed by atoms with Crippen LogP contribution >= 0.6 is 0 Å². The van der Waals surface area contributed by atoms with Crippen molar-refractivity contribution in [1.29, 1.82) is 5.26 Å². The molecule has 0 N–H and O–H groups in total. The van der Waals surface area contributed by atoms with Crippen molar-refractivity contribution in [3.8, 4) is 6.07 Å². The van der Waals surface area contributed by atoms with Crippen LogP contribution in [-0.4, -0.2) is 15.2 Å². The zero-order valence-corrected chi connectivity index (χ0v) is 3.94. The van der Waals surface area contributed by atoms with Crippen LogP contribution in [0.1, 0.15) is 5.82 Å². The van der Waals surface area contributed by atoms with Gasteiger partial charge in [-0.1, -0.05) is 0 Å². The highest BCUT2D eigenvalue weighted by molar-refractivity contribution is 5.04. The molecule has 1 heterocycles. The molecule has 0 aromatic carbocycles. The zero-order chi connectivity index (χ0) is 5.82. The van der Waals surface area contributed by atoms with Gasteiger partial charge in [-0.05, 0) is 0 Å². The fraction of sp³-hybridized carbons (Fsp3) is 0. The molecule has 1 aromatic heterocycles. The van der Waals surface area contributed by atoms with E-state index in [0.29, 0.717) is 0 Å². The molecule has 0 aliphatic carbocycles. The van der Waals surface area contributed by atoms with E-state index in [4.69, 9.17) is 5.26 Å². The smallest absolute Gasteiger partial charge is 0.224 e. The second-order valence-electron chi connectivity index (χ2n) is 1.08. The molecule has 0 amide bonds. The van der Waals surface area contributed by atoms with E-state index < -0.39 is 0 Å². The lowest BCUT2D eigenvalue weighted by Crippen LogP contribution is -1.87. The molecule has 0 saturated heterocycles. The van der Waals surface area contributed by atoms with Crippen molar-refractivity contribution in [2.45, 2.75) is 0 Å². The van der Waals surface area contributed by atoms with E-state index in [0.717, 1.165) is 0 Å². The minimum absolute atomic E-state index is 0.104. The number of rotatable bonds is 0. The Hall–Kier alpha value is -1.50. The maximum absolute atomic E-state index is 8.12. The van der Waals surface area contributed by atoms with Crippen LogP contribution in [-0.2, 0) is 0 Å². The summed E-state index contributed by atoms with van der Waals surface area (Å²) in [5.41, 5.74) is 0. The molecule has 1 aromatic rings. The molecule has 38 valence electrons. The first-order valence-corrected chi connectivity index (χ1v) is 1.97. The Bertz CT molecular complexity index is 199. The van der Waals surface area contributed by atoms with Gasteiger partial charge in [0.15, 0.2) is 0 Å². The second kappa shape index (κ2) is 1.98. The summed E-state index contributed by atoms with van der Waals surface area (Å²) < 4.78 is 0. The van der Waals surface area contributed by atoms with Crippen LogP contribution in [0.2, 0.25) is 0 Å². The normalized spacial score (nSPS) is 7.88. The number of nitriles is 1. The first-order chi connectivity index (χ1) is 3.93. The summed E-state index contributed by atoms with van der Waals surface area (Å²) in [6.45, 7) is 0. The van der Waals surface area contributed by atoms with E-state index in [-0.39, 0.29) is 5.82 Å². The molecule has 4 nitrogen and oxygen atoms in total. The molecule has 4 heteroatoms. The van der Waals surface area contributed by atoms with Gasteiger partial charge >= 0.3 is 0 Å². The van der Waals surface area contributed by atoms with Crippen molar-refractivity contribution in [1.82, 2.24) is 15.2 Å². The Morgan fingerprint density at radius 1 is 1.50 bits per heavy atom. The van der Waals surface area contributed by atoms with Crippen LogP contribution in [0.3, 0.4) is 0 Å². The van der Waals surface area contributed by atoms with Gasteiger partial charge in [-0.3, -0.25) is 0 Å². The topological polar surface area (TPSA) is 62.5 Å². The van der Waals surface area contributed by atoms with E-state index in [1.54, 1.807) is 6.07 Å². The first-order valence-electron chi connectivity index (χ1n) is 1.97. The fourth-order valence-electron chi connectivity index (χ4n) is 0.299. The highest BCUT2D eigenvalue weighted by Gasteiger charge is 1.84. The first kappa shape index (κ1) is 4.65. The van der Waals surface area contributed by atoms with Gasteiger partial charge in [-0.2, -0.15) is 10.4 Å². The Kier molecular flexibility index (Phi) is 1.15. The van der Waals surface area contributed by atoms with Crippen LogP contribution in [0.25, 0.3) is 0 Å². The number of hydrogen-bond donors (Lipinski definition) is 0. The largest absolute Gasteiger partial charge is 0.252 e. The summed E-state index contributed by atoms with van der Waals surface area (Å²) in [4.78, 5) is 3.56. The molecule has 8 heavy (non-hydrogen) atoms. The quantitative estimate of drug-likeness (QED) is 0.457. The van der Waals surface area contributed by atoms with Crippen molar-refractivity contribution < 1.29 is 0 Å². The van der Waals surface area contributed by atoms with Gasteiger partial charge in [0.25, 0.3) is 5.82 Å². The molecule has 0 unspecified atom stereocenters. The molecule has 0 aliphatic rings. The monoisotopic (exact) mass is 106 g/mol. The lowest BCUT2D eigenvalue weighted by molar-refractivity contribution is 0.942. The predicted octanol–water partition coefficient (Wildman–Crippen LogP) is -0.257. The van der Waals surface area contributed by atoms with E-state index in [1.165, 1.54) is 12.4 Å². The lowest BCUT2D eigenvalue weighted by atomic mass is 10.7. The number of nitrogens with zero attached hydrogens (tertiary/aromatic N) is 4. The zero-order valence-electron chi connectivity index (χ0n) is 3.94. The van der Waals surface area contributed by atoms with Gasteiger partial charge in [0.1, 0.15) is 6.07 Å². The molecule has 0 fully saturated rings. The highest BCUT2D eigenvalue weighted by Crippen LogP contribution is 1.75. The summed E-state index contributed by atoms with van der Waals surface area (Å²) in [7, 11) is 0. The van der Waals surface area contributed by atoms with Gasteiger partial charge in [0.05, 0.1) is 12.4 Å². The van der Waals surface area contributed by atoms with Gasteiger partial charge in [0.2, 0.25) is 0 Å². The third-order valence-corrected chi connectivity index (χ3v) is 0.583. The molecule has 0 atom stereocenters. The molecular formula is C4H2N4. The van der Waals surface area contributed by atoms with E-state index >= 15 is 0 Å². The van der Waals surface area contributed by atoms with Crippen LogP contribution in [0, 0.1) is 11.3 Å². The van der Waals surface area contributed by atoms with Gasteiger partial charge in [-0.15, -0.1) is 5.10 Å². The predicted molar refractivity (Wildman–Crippen MR) is 24.5 cm³/mol. The minimum atomic E-state index is 0.104. The summed E-state index contributed by atoms with van der Waals surface area (Å²) in [6.07, 6.45) is 2.84. The van der Waals surface area contributed by atoms with Crippen molar-refractivity contribution in [2.75, 3.05) is 0 Å². The summed E-state index contributed by atoms with van der Waals surface area (Å²) in [5, 5.41) is 14.9. The Balaban J connectivity index is 3.05. The fourth-order valence-corrected chi connectivity index (χ4v) is 0.299. The SMILES string of the molecule is N#Cc1nccnn1.